The number of aromatic nitrogens is 4. The Balaban J connectivity index is 2.29. The highest BCUT2D eigenvalue weighted by Gasteiger charge is 2.08. The molecule has 2 aromatic rings. The molecule has 0 bridgehead atoms. The highest BCUT2D eigenvalue weighted by Crippen LogP contribution is 2.18. The van der Waals surface area contributed by atoms with Crippen molar-refractivity contribution in [3.8, 4) is 11.4 Å². The normalized spacial score (nSPS) is 10.5. The van der Waals surface area contributed by atoms with Gasteiger partial charge >= 0.3 is 0 Å². The Bertz CT molecular complexity index is 513. The highest BCUT2D eigenvalue weighted by molar-refractivity contribution is 5.37. The van der Waals surface area contributed by atoms with Crippen LogP contribution in [0.1, 0.15) is 5.82 Å². The summed E-state index contributed by atoms with van der Waals surface area (Å²) in [5, 5.41) is 14.6. The third-order valence-corrected chi connectivity index (χ3v) is 2.16. The molecule has 2 rings (SSSR count). The average molecular weight is 237 g/mol. The van der Waals surface area contributed by atoms with E-state index in [1.165, 1.54) is 24.0 Å². The zero-order chi connectivity index (χ0) is 12.3. The van der Waals surface area contributed by atoms with E-state index in [0.29, 0.717) is 18.1 Å². The Hall–Kier alpha value is -2.02. The van der Waals surface area contributed by atoms with Gasteiger partial charge in [-0.3, -0.25) is 0 Å². The summed E-state index contributed by atoms with van der Waals surface area (Å²) in [6.07, 6.45) is 0. The highest BCUT2D eigenvalue weighted by atomic mass is 19.1. The molecule has 0 saturated carbocycles. The molecule has 0 spiro atoms. The minimum Gasteiger partial charge on any atom is -0.494 e. The van der Waals surface area contributed by atoms with Gasteiger partial charge in [0.15, 0.2) is 17.4 Å². The molecule has 0 fully saturated rings. The van der Waals surface area contributed by atoms with Crippen LogP contribution in [0, 0.1) is 5.82 Å². The van der Waals surface area contributed by atoms with E-state index >= 15 is 0 Å². The van der Waals surface area contributed by atoms with Crippen LogP contribution in [0.5, 0.6) is 5.75 Å². The van der Waals surface area contributed by atoms with Crippen molar-refractivity contribution < 1.29 is 9.13 Å². The number of ether oxygens (including phenoxy) is 1. The van der Waals surface area contributed by atoms with Crippen molar-refractivity contribution in [2.45, 2.75) is 6.54 Å². The van der Waals surface area contributed by atoms with Crippen molar-refractivity contribution in [2.24, 2.45) is 0 Å². The van der Waals surface area contributed by atoms with Gasteiger partial charge < -0.3 is 10.1 Å². The maximum atomic E-state index is 13.5. The molecule has 0 aliphatic carbocycles. The van der Waals surface area contributed by atoms with Gasteiger partial charge in [0.05, 0.1) is 19.3 Å². The van der Waals surface area contributed by atoms with Crippen LogP contribution in [-0.2, 0) is 6.54 Å². The van der Waals surface area contributed by atoms with Crippen LogP contribution in [0.25, 0.3) is 5.69 Å². The zero-order valence-corrected chi connectivity index (χ0v) is 9.51. The van der Waals surface area contributed by atoms with Crippen LogP contribution < -0.4 is 10.1 Å². The molecule has 0 aliphatic rings. The Morgan fingerprint density at radius 1 is 1.47 bits per heavy atom. The second-order valence-electron chi connectivity index (χ2n) is 3.34. The summed E-state index contributed by atoms with van der Waals surface area (Å²) in [5.74, 6) is 0.269. The average Bonchev–Trinajstić information content (AvgIpc) is 2.78. The summed E-state index contributed by atoms with van der Waals surface area (Å²) in [4.78, 5) is 1.27. The summed E-state index contributed by atoms with van der Waals surface area (Å²) in [7, 11) is 3.20. The fraction of sp³-hybridized carbons (Fsp3) is 0.300. The molecule has 17 heavy (non-hydrogen) atoms. The van der Waals surface area contributed by atoms with Crippen molar-refractivity contribution in [1.82, 2.24) is 25.5 Å². The lowest BCUT2D eigenvalue weighted by atomic mass is 10.3. The predicted octanol–water partition coefficient (Wildman–Crippen LogP) is 0.529. The van der Waals surface area contributed by atoms with Gasteiger partial charge in [0.2, 0.25) is 0 Å². The van der Waals surface area contributed by atoms with Gasteiger partial charge in [-0.2, -0.15) is 0 Å². The predicted molar refractivity (Wildman–Crippen MR) is 58.4 cm³/mol. The molecule has 0 saturated heterocycles. The van der Waals surface area contributed by atoms with Crippen molar-refractivity contribution in [2.75, 3.05) is 14.2 Å². The lowest BCUT2D eigenvalue weighted by Gasteiger charge is -2.03. The fourth-order valence-electron chi connectivity index (χ4n) is 1.36. The summed E-state index contributed by atoms with van der Waals surface area (Å²) < 4.78 is 18.3. The number of rotatable bonds is 4. The third-order valence-electron chi connectivity index (χ3n) is 2.16. The molecule has 90 valence electrons. The Kier molecular flexibility index (Phi) is 3.29. The van der Waals surface area contributed by atoms with Gasteiger partial charge in [-0.25, -0.2) is 4.39 Å². The molecule has 1 N–H and O–H groups in total. The molecule has 0 aliphatic heterocycles. The lowest BCUT2D eigenvalue weighted by Crippen LogP contribution is -2.07. The molecule has 0 radical (unpaired) electrons. The van der Waals surface area contributed by atoms with Gasteiger partial charge in [0.25, 0.3) is 0 Å². The molecular weight excluding hydrogens is 225 g/mol. The number of hydrogen-bond donors (Lipinski definition) is 1. The minimum atomic E-state index is -0.461. The summed E-state index contributed by atoms with van der Waals surface area (Å²) in [5.41, 5.74) is 0.498. The lowest BCUT2D eigenvalue weighted by molar-refractivity contribution is 0.386. The number of nitrogens with one attached hydrogen (secondary N) is 1. The molecule has 1 heterocycles. The van der Waals surface area contributed by atoms with Gasteiger partial charge in [0, 0.05) is 6.07 Å². The standard InChI is InChI=1S/C10H12FN5O/c1-12-6-10-13-15-16(14-10)7-3-4-9(17-2)8(11)5-7/h3-5,12H,6H2,1-2H3. The first kappa shape index (κ1) is 11.5. The SMILES string of the molecule is CNCc1nnn(-c2ccc(OC)c(F)c2)n1. The molecule has 0 amide bonds. The number of nitrogens with zero attached hydrogens (tertiary/aromatic N) is 4. The number of methoxy groups -OCH3 is 1. The van der Waals surface area contributed by atoms with E-state index < -0.39 is 5.82 Å². The molecule has 6 nitrogen and oxygen atoms in total. The van der Waals surface area contributed by atoms with Gasteiger partial charge in [-0.15, -0.1) is 15.0 Å². The van der Waals surface area contributed by atoms with Crippen molar-refractivity contribution >= 4 is 0 Å². The first-order valence-corrected chi connectivity index (χ1v) is 5.02. The van der Waals surface area contributed by atoms with E-state index in [1.807, 2.05) is 0 Å². The van der Waals surface area contributed by atoms with Crippen LogP contribution >= 0.6 is 0 Å². The van der Waals surface area contributed by atoms with Crippen LogP contribution in [-0.4, -0.2) is 34.4 Å². The van der Waals surface area contributed by atoms with E-state index in [9.17, 15) is 4.39 Å². The maximum absolute atomic E-state index is 13.5. The van der Waals surface area contributed by atoms with E-state index in [4.69, 9.17) is 4.74 Å². The monoisotopic (exact) mass is 237 g/mol. The zero-order valence-electron chi connectivity index (χ0n) is 9.51. The second-order valence-corrected chi connectivity index (χ2v) is 3.34. The van der Waals surface area contributed by atoms with E-state index in [1.54, 1.807) is 13.1 Å². The smallest absolute Gasteiger partial charge is 0.188 e. The second kappa shape index (κ2) is 4.88. The molecule has 1 aromatic heterocycles. The van der Waals surface area contributed by atoms with E-state index in [0.717, 1.165) is 0 Å². The van der Waals surface area contributed by atoms with Crippen LogP contribution in [0.2, 0.25) is 0 Å². The van der Waals surface area contributed by atoms with E-state index in [-0.39, 0.29) is 5.75 Å². The minimum absolute atomic E-state index is 0.185. The Morgan fingerprint density at radius 3 is 2.94 bits per heavy atom. The largest absolute Gasteiger partial charge is 0.494 e. The van der Waals surface area contributed by atoms with Gasteiger partial charge in [-0.1, -0.05) is 0 Å². The van der Waals surface area contributed by atoms with E-state index in [2.05, 4.69) is 20.7 Å². The summed E-state index contributed by atoms with van der Waals surface area (Å²) in [6.45, 7) is 0.513. The molecule has 7 heteroatoms. The first-order chi connectivity index (χ1) is 8.24. The fourth-order valence-corrected chi connectivity index (χ4v) is 1.36. The number of tetrazole rings is 1. The molecule has 1 aromatic carbocycles. The van der Waals surface area contributed by atoms with Crippen LogP contribution in [0.15, 0.2) is 18.2 Å². The number of halogens is 1. The van der Waals surface area contributed by atoms with Crippen molar-refractivity contribution in [3.05, 3.63) is 29.8 Å². The van der Waals surface area contributed by atoms with Crippen molar-refractivity contribution in [1.29, 1.82) is 0 Å². The van der Waals surface area contributed by atoms with Gasteiger partial charge in [0.1, 0.15) is 0 Å². The third kappa shape index (κ3) is 2.39. The topological polar surface area (TPSA) is 64.9 Å². The maximum Gasteiger partial charge on any atom is 0.188 e. The Morgan fingerprint density at radius 2 is 2.29 bits per heavy atom. The summed E-state index contributed by atoms with van der Waals surface area (Å²) in [6, 6.07) is 4.47. The summed E-state index contributed by atoms with van der Waals surface area (Å²) >= 11 is 0. The molecule has 0 atom stereocenters. The molecular formula is C10H12FN5O. The number of hydrogen-bond acceptors (Lipinski definition) is 5. The van der Waals surface area contributed by atoms with Gasteiger partial charge in [-0.05, 0) is 24.4 Å². The first-order valence-electron chi connectivity index (χ1n) is 5.02. The van der Waals surface area contributed by atoms with Crippen LogP contribution in [0.4, 0.5) is 4.39 Å². The Labute approximate surface area is 97.4 Å². The molecule has 0 unspecified atom stereocenters. The van der Waals surface area contributed by atoms with Crippen LogP contribution in [0.3, 0.4) is 0 Å². The quantitative estimate of drug-likeness (QED) is 0.840. The van der Waals surface area contributed by atoms with Crippen molar-refractivity contribution in [3.63, 3.8) is 0 Å². The number of benzene rings is 1.